The second-order valence-corrected chi connectivity index (χ2v) is 9.67. The van der Waals surface area contributed by atoms with Gasteiger partial charge in [-0.25, -0.2) is 23.7 Å². The second kappa shape index (κ2) is 7.77. The van der Waals surface area contributed by atoms with Crippen molar-refractivity contribution in [2.75, 3.05) is 11.9 Å². The molecule has 0 unspecified atom stereocenters. The lowest BCUT2D eigenvalue weighted by Crippen LogP contribution is -2.23. The summed E-state index contributed by atoms with van der Waals surface area (Å²) in [6.07, 6.45) is 4.53. The highest BCUT2D eigenvalue weighted by Gasteiger charge is 2.31. The fourth-order valence-corrected chi connectivity index (χ4v) is 4.64. The topological polar surface area (TPSA) is 76.8 Å². The van der Waals surface area contributed by atoms with Crippen LogP contribution in [0.15, 0.2) is 53.5 Å². The van der Waals surface area contributed by atoms with Crippen LogP contribution < -0.4 is 16.2 Å². The first-order chi connectivity index (χ1) is 16.4. The van der Waals surface area contributed by atoms with Gasteiger partial charge in [-0.05, 0) is 75.0 Å². The van der Waals surface area contributed by atoms with Crippen LogP contribution in [-0.4, -0.2) is 25.9 Å². The van der Waals surface area contributed by atoms with Crippen molar-refractivity contribution in [2.45, 2.75) is 51.4 Å². The van der Waals surface area contributed by atoms with Gasteiger partial charge in [0.25, 0.3) is 5.56 Å². The molecule has 0 atom stereocenters. The third-order valence-corrected chi connectivity index (χ3v) is 6.58. The first-order valence-electron chi connectivity index (χ1n) is 11.8. The summed E-state index contributed by atoms with van der Waals surface area (Å²) in [7, 11) is 0. The number of anilines is 2. The normalized spacial score (nSPS) is 16.0. The number of hydrogen-bond donors (Lipinski definition) is 2. The fourth-order valence-electron chi connectivity index (χ4n) is 4.64. The minimum Gasteiger partial charge on any atom is -0.340 e. The van der Waals surface area contributed by atoms with E-state index >= 15 is 0 Å². The lowest BCUT2D eigenvalue weighted by molar-refractivity contribution is 0.214. The summed E-state index contributed by atoms with van der Waals surface area (Å²) in [5.41, 5.74) is 2.95. The van der Waals surface area contributed by atoms with Crippen LogP contribution >= 0.6 is 0 Å². The molecule has 6 rings (SSSR count). The lowest BCUT2D eigenvalue weighted by atomic mass is 10.0. The van der Waals surface area contributed by atoms with Crippen molar-refractivity contribution in [3.05, 3.63) is 75.8 Å². The van der Waals surface area contributed by atoms with E-state index in [-0.39, 0.29) is 11.6 Å². The van der Waals surface area contributed by atoms with Crippen LogP contribution in [0, 0.1) is 0 Å². The Balaban J connectivity index is 1.46. The largest absolute Gasteiger partial charge is 0.340 e. The summed E-state index contributed by atoms with van der Waals surface area (Å²) in [6.45, 7) is 4.83. The van der Waals surface area contributed by atoms with E-state index in [4.69, 9.17) is 0 Å². The van der Waals surface area contributed by atoms with Crippen LogP contribution in [-0.2, 0) is 18.6 Å². The highest BCUT2D eigenvalue weighted by molar-refractivity contribution is 5.82. The van der Waals surface area contributed by atoms with Gasteiger partial charge < -0.3 is 10.6 Å². The molecular weight excluding hydrogens is 431 g/mol. The maximum absolute atomic E-state index is 14.7. The molecule has 0 radical (unpaired) electrons. The maximum Gasteiger partial charge on any atom is 0.276 e. The van der Waals surface area contributed by atoms with E-state index in [1.54, 1.807) is 23.0 Å². The fraction of sp³-hybridized carbons (Fsp3) is 0.346. The Morgan fingerprint density at radius 1 is 1.15 bits per heavy atom. The number of benzene rings is 1. The quantitative estimate of drug-likeness (QED) is 0.460. The molecule has 0 spiro atoms. The predicted molar refractivity (Wildman–Crippen MR) is 131 cm³/mol. The Labute approximate surface area is 196 Å². The van der Waals surface area contributed by atoms with E-state index in [1.165, 1.54) is 25.0 Å². The van der Waals surface area contributed by atoms with Crippen molar-refractivity contribution in [3.8, 4) is 5.82 Å². The van der Waals surface area contributed by atoms with Crippen LogP contribution in [0.5, 0.6) is 0 Å². The summed E-state index contributed by atoms with van der Waals surface area (Å²) in [5.74, 6) is 1.17. The molecule has 34 heavy (non-hydrogen) atoms. The molecule has 174 valence electrons. The number of hydrogen-bond acceptors (Lipinski definition) is 5. The van der Waals surface area contributed by atoms with Crippen LogP contribution in [0.1, 0.15) is 49.6 Å². The number of nitrogens with one attached hydrogen (secondary N) is 2. The average molecular weight is 459 g/mol. The van der Waals surface area contributed by atoms with Gasteiger partial charge in [-0.2, -0.15) is 0 Å². The molecule has 0 amide bonds. The predicted octanol–water partition coefficient (Wildman–Crippen LogP) is 4.51. The van der Waals surface area contributed by atoms with Crippen LogP contribution in [0.2, 0.25) is 0 Å². The van der Waals surface area contributed by atoms with Gasteiger partial charge in [0.05, 0.1) is 22.6 Å². The molecule has 1 aliphatic heterocycles. The molecular formula is C26H27FN6O. The number of aromatic nitrogens is 4. The van der Waals surface area contributed by atoms with Gasteiger partial charge >= 0.3 is 0 Å². The molecule has 2 aliphatic rings. The molecule has 1 aliphatic carbocycles. The van der Waals surface area contributed by atoms with Gasteiger partial charge in [-0.1, -0.05) is 12.1 Å². The molecule has 1 fully saturated rings. The Morgan fingerprint density at radius 2 is 2.00 bits per heavy atom. The van der Waals surface area contributed by atoms with E-state index in [2.05, 4.69) is 38.8 Å². The first-order valence-corrected chi connectivity index (χ1v) is 11.8. The summed E-state index contributed by atoms with van der Waals surface area (Å²) in [5, 5.41) is 7.32. The number of fused-ring (bicyclic) bond motifs is 2. The SMILES string of the molecule is CC(C)(F)c1cccc(-n2c3cc(Nc4ccc5c(c4)CNCC5)ncc3c(=O)n2C2CC2)n1. The van der Waals surface area contributed by atoms with Crippen LogP contribution in [0.25, 0.3) is 16.7 Å². The monoisotopic (exact) mass is 458 g/mol. The number of halogens is 1. The molecule has 1 aromatic carbocycles. The maximum atomic E-state index is 14.7. The molecule has 1 saturated carbocycles. The summed E-state index contributed by atoms with van der Waals surface area (Å²) >= 11 is 0. The van der Waals surface area contributed by atoms with Gasteiger partial charge in [0, 0.05) is 24.5 Å². The van der Waals surface area contributed by atoms with Gasteiger partial charge in [0.15, 0.2) is 5.82 Å². The molecule has 2 N–H and O–H groups in total. The first kappa shape index (κ1) is 21.0. The van der Waals surface area contributed by atoms with E-state index in [1.807, 2.05) is 16.8 Å². The second-order valence-electron chi connectivity index (χ2n) is 9.67. The van der Waals surface area contributed by atoms with Gasteiger partial charge in [0.2, 0.25) is 0 Å². The average Bonchev–Trinajstić information content (AvgIpc) is 3.62. The molecule has 8 heteroatoms. The molecule has 4 heterocycles. The number of pyridine rings is 2. The lowest BCUT2D eigenvalue weighted by Gasteiger charge is -2.18. The van der Waals surface area contributed by atoms with Crippen molar-refractivity contribution < 1.29 is 4.39 Å². The number of nitrogens with zero attached hydrogens (tertiary/aromatic N) is 4. The Hall–Kier alpha value is -3.52. The number of rotatable bonds is 5. The Morgan fingerprint density at radius 3 is 2.79 bits per heavy atom. The minimum absolute atomic E-state index is 0.0943. The molecule has 7 nitrogen and oxygen atoms in total. The van der Waals surface area contributed by atoms with E-state index in [0.717, 1.165) is 38.0 Å². The number of alkyl halides is 1. The van der Waals surface area contributed by atoms with Crippen molar-refractivity contribution in [1.29, 1.82) is 0 Å². The van der Waals surface area contributed by atoms with E-state index in [0.29, 0.717) is 28.2 Å². The van der Waals surface area contributed by atoms with Crippen LogP contribution in [0.3, 0.4) is 0 Å². The Bertz CT molecular complexity index is 1460. The Kier molecular flexibility index (Phi) is 4.81. The van der Waals surface area contributed by atoms with Gasteiger partial charge in [-0.3, -0.25) is 4.79 Å². The van der Waals surface area contributed by atoms with Crippen LogP contribution in [0.4, 0.5) is 15.9 Å². The molecule has 0 bridgehead atoms. The van der Waals surface area contributed by atoms with Crippen molar-refractivity contribution in [2.24, 2.45) is 0 Å². The van der Waals surface area contributed by atoms with Crippen molar-refractivity contribution >= 4 is 22.4 Å². The third-order valence-electron chi connectivity index (χ3n) is 6.58. The van der Waals surface area contributed by atoms with E-state index < -0.39 is 5.67 Å². The van der Waals surface area contributed by atoms with Crippen molar-refractivity contribution in [3.63, 3.8) is 0 Å². The smallest absolute Gasteiger partial charge is 0.276 e. The summed E-state index contributed by atoms with van der Waals surface area (Å²) < 4.78 is 18.2. The van der Waals surface area contributed by atoms with Gasteiger partial charge in [0.1, 0.15) is 11.5 Å². The molecule has 3 aromatic heterocycles. The third kappa shape index (κ3) is 3.68. The zero-order chi connectivity index (χ0) is 23.4. The summed E-state index contributed by atoms with van der Waals surface area (Å²) in [4.78, 5) is 22.4. The minimum atomic E-state index is -1.58. The zero-order valence-corrected chi connectivity index (χ0v) is 19.3. The van der Waals surface area contributed by atoms with Crippen molar-refractivity contribution in [1.82, 2.24) is 24.6 Å². The molecule has 4 aromatic rings. The standard InChI is InChI=1S/C26H27FN6O/c1-26(2,27)22-4-3-5-24(31-22)33-21-13-23(29-15-20(21)25(34)32(33)19-8-9-19)30-18-7-6-16-10-11-28-14-17(16)12-18/h3-7,12-13,15,19,28H,8-11,14H2,1-2H3,(H,29,30). The zero-order valence-electron chi connectivity index (χ0n) is 19.3. The van der Waals surface area contributed by atoms with E-state index in [9.17, 15) is 9.18 Å². The molecule has 0 saturated heterocycles. The van der Waals surface area contributed by atoms with Gasteiger partial charge in [-0.15, -0.1) is 0 Å². The summed E-state index contributed by atoms with van der Waals surface area (Å²) in [6, 6.07) is 13.6. The highest BCUT2D eigenvalue weighted by atomic mass is 19.1. The highest BCUT2D eigenvalue weighted by Crippen LogP contribution is 2.36.